The minimum Gasteiger partial charge on any atom is -0.477 e. The van der Waals surface area contributed by atoms with Crippen molar-refractivity contribution in [3.8, 4) is 0 Å². The third-order valence-corrected chi connectivity index (χ3v) is 2.68. The van der Waals surface area contributed by atoms with Gasteiger partial charge in [0.05, 0.1) is 12.1 Å². The van der Waals surface area contributed by atoms with E-state index in [0.29, 0.717) is 5.69 Å². The first-order chi connectivity index (χ1) is 9.56. The summed E-state index contributed by atoms with van der Waals surface area (Å²) in [6.45, 7) is 1.87. The third kappa shape index (κ3) is 3.38. The number of hydrogen-bond donors (Lipinski definition) is 2. The average Bonchev–Trinajstić information content (AvgIpc) is 2.41. The Morgan fingerprint density at radius 1 is 1.25 bits per heavy atom. The van der Waals surface area contributed by atoms with Crippen molar-refractivity contribution in [2.45, 2.75) is 13.3 Å². The van der Waals surface area contributed by atoms with Gasteiger partial charge in [-0.3, -0.25) is 9.78 Å². The van der Waals surface area contributed by atoms with Crippen LogP contribution in [0, 0.1) is 6.92 Å². The molecule has 20 heavy (non-hydrogen) atoms. The van der Waals surface area contributed by atoms with Crippen LogP contribution in [0.3, 0.4) is 0 Å². The van der Waals surface area contributed by atoms with Crippen LogP contribution in [0.15, 0.2) is 36.5 Å². The minimum absolute atomic E-state index is 0.114. The van der Waals surface area contributed by atoms with Crippen molar-refractivity contribution in [3.63, 3.8) is 0 Å². The maximum Gasteiger partial charge on any atom is 0.354 e. The van der Waals surface area contributed by atoms with Crippen LogP contribution >= 0.6 is 0 Å². The molecule has 0 saturated heterocycles. The molecule has 2 N–H and O–H groups in total. The zero-order valence-corrected chi connectivity index (χ0v) is 10.8. The number of aryl methyl sites for hydroxylation is 1. The summed E-state index contributed by atoms with van der Waals surface area (Å²) in [7, 11) is 0. The van der Waals surface area contributed by atoms with Crippen LogP contribution in [-0.2, 0) is 11.2 Å². The zero-order valence-electron chi connectivity index (χ0n) is 10.8. The van der Waals surface area contributed by atoms with Gasteiger partial charge >= 0.3 is 5.97 Å². The van der Waals surface area contributed by atoms with Gasteiger partial charge in [-0.05, 0) is 30.7 Å². The summed E-state index contributed by atoms with van der Waals surface area (Å²) in [4.78, 5) is 30.6. The summed E-state index contributed by atoms with van der Waals surface area (Å²) in [5.74, 6) is -1.22. The van der Waals surface area contributed by atoms with Gasteiger partial charge in [0.25, 0.3) is 0 Å². The van der Waals surface area contributed by atoms with Crippen LogP contribution in [-0.4, -0.2) is 27.0 Å². The molecule has 0 fully saturated rings. The molecule has 1 amide bonds. The van der Waals surface area contributed by atoms with Gasteiger partial charge in [0.2, 0.25) is 5.91 Å². The average molecular weight is 271 g/mol. The lowest BCUT2D eigenvalue weighted by Crippen LogP contribution is -2.17. The quantitative estimate of drug-likeness (QED) is 0.882. The number of carboxylic acids is 1. The molecular formula is C14H13N3O3. The molecule has 0 radical (unpaired) electrons. The smallest absolute Gasteiger partial charge is 0.354 e. The normalized spacial score (nSPS) is 10.1. The van der Waals surface area contributed by atoms with E-state index in [0.717, 1.165) is 5.56 Å². The first-order valence-corrected chi connectivity index (χ1v) is 5.97. The lowest BCUT2D eigenvalue weighted by Gasteiger charge is -2.06. The van der Waals surface area contributed by atoms with Crippen molar-refractivity contribution in [2.24, 2.45) is 0 Å². The number of carbonyl (C=O) groups is 2. The maximum atomic E-state index is 11.9. The standard InChI is InChI=1S/C14H13N3O3/c1-9-4-3-7-15-11(9)8-13(18)17-12-6-2-5-10(16-12)14(19)20/h2-7H,8H2,1H3,(H,19,20)(H,16,17,18). The lowest BCUT2D eigenvalue weighted by molar-refractivity contribution is -0.115. The predicted octanol–water partition coefficient (Wildman–Crippen LogP) is 1.66. The van der Waals surface area contributed by atoms with E-state index in [1.165, 1.54) is 18.2 Å². The molecule has 6 nitrogen and oxygen atoms in total. The summed E-state index contributed by atoms with van der Waals surface area (Å²) in [6, 6.07) is 8.10. The summed E-state index contributed by atoms with van der Waals surface area (Å²) in [5.41, 5.74) is 1.49. The third-order valence-electron chi connectivity index (χ3n) is 2.68. The lowest BCUT2D eigenvalue weighted by atomic mass is 10.1. The van der Waals surface area contributed by atoms with Gasteiger partial charge in [-0.2, -0.15) is 0 Å². The van der Waals surface area contributed by atoms with Gasteiger partial charge in [-0.25, -0.2) is 9.78 Å². The van der Waals surface area contributed by atoms with Crippen molar-refractivity contribution >= 4 is 17.7 Å². The van der Waals surface area contributed by atoms with E-state index in [9.17, 15) is 9.59 Å². The summed E-state index contributed by atoms with van der Waals surface area (Å²) in [6.07, 6.45) is 1.74. The minimum atomic E-state index is -1.14. The van der Waals surface area contributed by atoms with Gasteiger partial charge in [0.1, 0.15) is 5.82 Å². The number of aromatic carboxylic acids is 1. The van der Waals surface area contributed by atoms with E-state index >= 15 is 0 Å². The highest BCUT2D eigenvalue weighted by Crippen LogP contribution is 2.08. The molecule has 0 spiro atoms. The Kier molecular flexibility index (Phi) is 4.05. The van der Waals surface area contributed by atoms with Gasteiger partial charge in [-0.1, -0.05) is 12.1 Å². The Bertz CT molecular complexity index is 656. The molecule has 0 aromatic carbocycles. The fraction of sp³-hybridized carbons (Fsp3) is 0.143. The van der Waals surface area contributed by atoms with E-state index in [1.807, 2.05) is 13.0 Å². The van der Waals surface area contributed by atoms with Crippen LogP contribution < -0.4 is 5.32 Å². The van der Waals surface area contributed by atoms with Gasteiger partial charge in [0.15, 0.2) is 5.69 Å². The molecular weight excluding hydrogens is 258 g/mol. The molecule has 0 aliphatic heterocycles. The Morgan fingerprint density at radius 2 is 2.05 bits per heavy atom. The Labute approximate surface area is 115 Å². The molecule has 6 heteroatoms. The van der Waals surface area contributed by atoms with Crippen LogP contribution in [0.1, 0.15) is 21.7 Å². The van der Waals surface area contributed by atoms with E-state index < -0.39 is 5.97 Å². The van der Waals surface area contributed by atoms with E-state index in [-0.39, 0.29) is 23.8 Å². The molecule has 2 heterocycles. The van der Waals surface area contributed by atoms with Crippen LogP contribution in [0.25, 0.3) is 0 Å². The van der Waals surface area contributed by atoms with E-state index in [4.69, 9.17) is 5.11 Å². The fourth-order valence-electron chi connectivity index (χ4n) is 1.67. The van der Waals surface area contributed by atoms with Crippen molar-refractivity contribution in [3.05, 3.63) is 53.5 Å². The van der Waals surface area contributed by atoms with E-state index in [2.05, 4.69) is 15.3 Å². The molecule has 2 aromatic rings. The highest BCUT2D eigenvalue weighted by Gasteiger charge is 2.10. The van der Waals surface area contributed by atoms with Crippen molar-refractivity contribution < 1.29 is 14.7 Å². The van der Waals surface area contributed by atoms with Crippen molar-refractivity contribution in [1.82, 2.24) is 9.97 Å². The van der Waals surface area contributed by atoms with Crippen LogP contribution in [0.5, 0.6) is 0 Å². The molecule has 0 aliphatic rings. The molecule has 0 saturated carbocycles. The summed E-state index contributed by atoms with van der Waals surface area (Å²) in [5, 5.41) is 11.4. The van der Waals surface area contributed by atoms with Crippen molar-refractivity contribution in [1.29, 1.82) is 0 Å². The number of carboxylic acid groups (broad SMARTS) is 1. The Hall–Kier alpha value is -2.76. The number of aromatic nitrogens is 2. The number of carbonyl (C=O) groups excluding carboxylic acids is 1. The molecule has 0 aliphatic carbocycles. The largest absolute Gasteiger partial charge is 0.477 e. The molecule has 0 atom stereocenters. The second-order valence-corrected chi connectivity index (χ2v) is 4.21. The van der Waals surface area contributed by atoms with Gasteiger partial charge in [-0.15, -0.1) is 0 Å². The number of pyridine rings is 2. The van der Waals surface area contributed by atoms with Crippen molar-refractivity contribution in [2.75, 3.05) is 5.32 Å². The van der Waals surface area contributed by atoms with Gasteiger partial charge in [0, 0.05) is 6.20 Å². The SMILES string of the molecule is Cc1cccnc1CC(=O)Nc1cccc(C(=O)O)n1. The van der Waals surface area contributed by atoms with E-state index in [1.54, 1.807) is 12.3 Å². The molecule has 102 valence electrons. The topological polar surface area (TPSA) is 92.2 Å². The van der Waals surface area contributed by atoms with Crippen LogP contribution in [0.2, 0.25) is 0 Å². The second kappa shape index (κ2) is 5.92. The highest BCUT2D eigenvalue weighted by molar-refractivity contribution is 5.92. The molecule has 0 unspecified atom stereocenters. The summed E-state index contributed by atoms with van der Waals surface area (Å²) < 4.78 is 0. The number of anilines is 1. The maximum absolute atomic E-state index is 11.9. The Morgan fingerprint density at radius 3 is 2.75 bits per heavy atom. The molecule has 2 rings (SSSR count). The summed E-state index contributed by atoms with van der Waals surface area (Å²) >= 11 is 0. The number of hydrogen-bond acceptors (Lipinski definition) is 4. The highest BCUT2D eigenvalue weighted by atomic mass is 16.4. The second-order valence-electron chi connectivity index (χ2n) is 4.21. The van der Waals surface area contributed by atoms with Crippen LogP contribution in [0.4, 0.5) is 5.82 Å². The Balaban J connectivity index is 2.07. The number of amides is 1. The van der Waals surface area contributed by atoms with Gasteiger partial charge < -0.3 is 10.4 Å². The number of nitrogens with one attached hydrogen (secondary N) is 1. The zero-order chi connectivity index (χ0) is 14.5. The first kappa shape index (κ1) is 13.7. The first-order valence-electron chi connectivity index (χ1n) is 5.97. The molecule has 2 aromatic heterocycles. The predicted molar refractivity (Wildman–Crippen MR) is 72.5 cm³/mol. The monoisotopic (exact) mass is 271 g/mol. The fourth-order valence-corrected chi connectivity index (χ4v) is 1.67. The number of nitrogens with zero attached hydrogens (tertiary/aromatic N) is 2. The number of rotatable bonds is 4. The molecule has 0 bridgehead atoms.